The lowest BCUT2D eigenvalue weighted by molar-refractivity contribution is -0.898. The first-order chi connectivity index (χ1) is 18.0. The number of carboxylic acid groups (broad SMARTS) is 1. The number of anilines is 1. The number of oxime groups is 1. The minimum absolute atomic E-state index is 0.0570. The van der Waals surface area contributed by atoms with E-state index < -0.39 is 11.9 Å². The quantitative estimate of drug-likeness (QED) is 0.165. The van der Waals surface area contributed by atoms with Gasteiger partial charge in [0.25, 0.3) is 5.91 Å². The van der Waals surface area contributed by atoms with Crippen molar-refractivity contribution >= 4 is 63.1 Å². The second kappa shape index (κ2) is 11.2. The topological polar surface area (TPSA) is 160 Å². The Balaban J connectivity index is 1.71. The van der Waals surface area contributed by atoms with Crippen LogP contribution in [0.15, 0.2) is 39.1 Å². The molecule has 1 atom stereocenters. The number of nitrogen functional groups attached to an aromatic ring is 1. The molecular weight excluding hydrogens is 550 g/mol. The third-order valence-corrected chi connectivity index (χ3v) is 8.72. The highest BCUT2D eigenvalue weighted by Crippen LogP contribution is 2.40. The van der Waals surface area contributed by atoms with Crippen LogP contribution in [-0.2, 0) is 25.8 Å². The number of thioether (sulfide) groups is 1. The van der Waals surface area contributed by atoms with Crippen molar-refractivity contribution in [3.8, 4) is 0 Å². The Bertz CT molecular complexity index is 1360. The standard InChI is InChI=1S/C23H27N7O5S3/c1-12-16(38-11-25-12)8-30(2,3)7-14(26-21(32)19(28-35-4)15-10-37-23(24)27-15)5-13-9-36-18-6-17(31)29(18)20(13)22(33)34/h5,10-11,18H,6-9H2,1-4H3,(H3-,24,26,27,32,33,34)/p+1/b14-5+,28-19-/t18-/m1/s1. The summed E-state index contributed by atoms with van der Waals surface area (Å²) in [5, 5.41) is 18.4. The average molecular weight is 579 g/mol. The molecule has 2 aliphatic rings. The van der Waals surface area contributed by atoms with Crippen LogP contribution < -0.4 is 11.1 Å². The molecule has 0 aromatic carbocycles. The Hall–Kier alpha value is -3.27. The number of nitrogens with one attached hydrogen (secondary N) is 1. The zero-order valence-electron chi connectivity index (χ0n) is 21.3. The fourth-order valence-electron chi connectivity index (χ4n) is 4.16. The first-order valence-electron chi connectivity index (χ1n) is 11.4. The molecule has 0 radical (unpaired) electrons. The molecule has 0 bridgehead atoms. The van der Waals surface area contributed by atoms with Crippen LogP contribution in [0, 0.1) is 6.92 Å². The molecule has 4 N–H and O–H groups in total. The van der Waals surface area contributed by atoms with Gasteiger partial charge in [-0.25, -0.2) is 14.8 Å². The van der Waals surface area contributed by atoms with Crippen LogP contribution in [-0.4, -0.2) is 86.8 Å². The number of carbonyl (C=O) groups excluding carboxylic acids is 2. The third kappa shape index (κ3) is 6.06. The summed E-state index contributed by atoms with van der Waals surface area (Å²) < 4.78 is 0.434. The Kier molecular flexibility index (Phi) is 8.20. The maximum atomic E-state index is 13.4. The molecule has 4 rings (SSSR count). The molecule has 2 amide bonds. The molecule has 38 heavy (non-hydrogen) atoms. The highest BCUT2D eigenvalue weighted by atomic mass is 32.2. The average Bonchev–Trinajstić information content (AvgIpc) is 3.44. The maximum absolute atomic E-state index is 13.4. The van der Waals surface area contributed by atoms with Gasteiger partial charge in [-0.3, -0.25) is 14.5 Å². The van der Waals surface area contributed by atoms with Gasteiger partial charge in [0.1, 0.15) is 31.6 Å². The fourth-order valence-corrected chi connectivity index (χ4v) is 6.92. The summed E-state index contributed by atoms with van der Waals surface area (Å²) in [6, 6.07) is 0. The minimum atomic E-state index is -1.19. The van der Waals surface area contributed by atoms with E-state index in [4.69, 9.17) is 10.6 Å². The molecule has 2 aromatic rings. The van der Waals surface area contributed by atoms with Crippen LogP contribution in [0.1, 0.15) is 22.7 Å². The number of allylic oxidation sites excluding steroid dienone is 1. The molecule has 12 nitrogen and oxygen atoms in total. The molecule has 0 spiro atoms. The molecule has 0 aliphatic carbocycles. The number of aryl methyl sites for hydroxylation is 1. The van der Waals surface area contributed by atoms with Crippen LogP contribution in [0.3, 0.4) is 0 Å². The van der Waals surface area contributed by atoms with Gasteiger partial charge in [0.15, 0.2) is 10.8 Å². The number of nitrogens with two attached hydrogens (primary N) is 1. The summed E-state index contributed by atoms with van der Waals surface area (Å²) in [6.07, 6.45) is 1.96. The smallest absolute Gasteiger partial charge is 0.352 e. The van der Waals surface area contributed by atoms with E-state index in [0.29, 0.717) is 41.0 Å². The second-order valence-electron chi connectivity index (χ2n) is 9.34. The van der Waals surface area contributed by atoms with Gasteiger partial charge in [0.2, 0.25) is 5.91 Å². The lowest BCUT2D eigenvalue weighted by Gasteiger charge is -2.43. The van der Waals surface area contributed by atoms with Crippen LogP contribution in [0.25, 0.3) is 0 Å². The fraction of sp³-hybridized carbons (Fsp3) is 0.391. The van der Waals surface area contributed by atoms with Gasteiger partial charge >= 0.3 is 5.97 Å². The van der Waals surface area contributed by atoms with Crippen molar-refractivity contribution in [3.05, 3.63) is 50.2 Å². The number of quaternary nitrogens is 1. The molecule has 0 unspecified atom stereocenters. The molecule has 2 aromatic heterocycles. The van der Waals surface area contributed by atoms with Crippen molar-refractivity contribution in [2.24, 2.45) is 5.16 Å². The summed E-state index contributed by atoms with van der Waals surface area (Å²) in [5.74, 6) is -1.62. The number of hydrogen-bond acceptors (Lipinski definition) is 11. The van der Waals surface area contributed by atoms with E-state index in [1.807, 2.05) is 21.0 Å². The monoisotopic (exact) mass is 578 g/mol. The number of hydrogen-bond donors (Lipinski definition) is 3. The Morgan fingerprint density at radius 3 is 2.74 bits per heavy atom. The van der Waals surface area contributed by atoms with E-state index in [0.717, 1.165) is 21.9 Å². The summed E-state index contributed by atoms with van der Waals surface area (Å²) in [6.45, 7) is 2.92. The van der Waals surface area contributed by atoms with Gasteiger partial charge in [-0.1, -0.05) is 5.16 Å². The van der Waals surface area contributed by atoms with Crippen molar-refractivity contribution in [3.63, 3.8) is 0 Å². The summed E-state index contributed by atoms with van der Waals surface area (Å²) in [5.41, 5.74) is 9.50. The van der Waals surface area contributed by atoms with Crippen LogP contribution in [0.2, 0.25) is 0 Å². The van der Waals surface area contributed by atoms with E-state index in [9.17, 15) is 19.5 Å². The number of nitrogens with zero attached hydrogens (tertiary/aromatic N) is 5. The molecule has 0 saturated carbocycles. The van der Waals surface area contributed by atoms with Gasteiger partial charge in [-0.15, -0.1) is 34.4 Å². The lowest BCUT2D eigenvalue weighted by atomic mass is 10.1. The number of thiazole rings is 2. The third-order valence-electron chi connectivity index (χ3n) is 5.88. The van der Waals surface area contributed by atoms with E-state index in [1.54, 1.807) is 28.3 Å². The number of carbonyl (C=O) groups is 3. The predicted molar refractivity (Wildman–Crippen MR) is 146 cm³/mol. The Morgan fingerprint density at radius 2 is 2.16 bits per heavy atom. The largest absolute Gasteiger partial charge is 0.477 e. The number of fused-ring (bicyclic) bond motifs is 1. The first kappa shape index (κ1) is 27.8. The van der Waals surface area contributed by atoms with E-state index >= 15 is 0 Å². The van der Waals surface area contributed by atoms with Crippen LogP contribution >= 0.6 is 34.4 Å². The number of carboxylic acids is 1. The molecule has 4 heterocycles. The number of amides is 2. The van der Waals surface area contributed by atoms with Crippen LogP contribution in [0.4, 0.5) is 5.13 Å². The van der Waals surface area contributed by atoms with E-state index in [-0.39, 0.29) is 33.5 Å². The molecule has 2 aliphatic heterocycles. The lowest BCUT2D eigenvalue weighted by Crippen LogP contribution is -2.53. The summed E-state index contributed by atoms with van der Waals surface area (Å²) >= 11 is 4.21. The molecular formula is C23H28N7O5S3+. The Morgan fingerprint density at radius 1 is 1.39 bits per heavy atom. The first-order valence-corrected chi connectivity index (χ1v) is 14.3. The summed E-state index contributed by atoms with van der Waals surface area (Å²) in [4.78, 5) is 53.6. The van der Waals surface area contributed by atoms with Crippen molar-refractivity contribution in [2.45, 2.75) is 25.3 Å². The van der Waals surface area contributed by atoms with Crippen molar-refractivity contribution < 1.29 is 28.8 Å². The Labute approximate surface area is 231 Å². The van der Waals surface area contributed by atoms with Crippen molar-refractivity contribution in [2.75, 3.05) is 39.2 Å². The minimum Gasteiger partial charge on any atom is -0.477 e. The van der Waals surface area contributed by atoms with Gasteiger partial charge in [-0.05, 0) is 18.6 Å². The van der Waals surface area contributed by atoms with Crippen molar-refractivity contribution in [1.82, 2.24) is 20.2 Å². The molecule has 1 saturated heterocycles. The van der Waals surface area contributed by atoms with E-state index in [2.05, 4.69) is 20.4 Å². The zero-order chi connectivity index (χ0) is 27.6. The number of rotatable bonds is 10. The maximum Gasteiger partial charge on any atom is 0.352 e. The molecule has 1 fully saturated rings. The van der Waals surface area contributed by atoms with Gasteiger partial charge in [-0.2, -0.15) is 0 Å². The molecule has 15 heteroatoms. The number of likely N-dealkylation sites (N-methyl/N-ethyl adjacent to an activating group) is 1. The van der Waals surface area contributed by atoms with E-state index in [1.165, 1.54) is 23.8 Å². The zero-order valence-corrected chi connectivity index (χ0v) is 23.7. The van der Waals surface area contributed by atoms with Gasteiger partial charge in [0, 0.05) is 11.1 Å². The predicted octanol–water partition coefficient (Wildman–Crippen LogP) is 1.76. The number of aromatic nitrogens is 2. The number of aliphatic carboxylic acids is 1. The van der Waals surface area contributed by atoms with Crippen LogP contribution in [0.5, 0.6) is 0 Å². The summed E-state index contributed by atoms with van der Waals surface area (Å²) in [7, 11) is 5.32. The SMILES string of the molecule is CO/N=C(\C(=O)N/C(=C/C1=C(C(=O)O)N2C(=O)C[C@H]2SC1)C[N+](C)(C)Cc1scnc1C)c1csc(N)n1. The van der Waals surface area contributed by atoms with Crippen molar-refractivity contribution in [1.29, 1.82) is 0 Å². The number of β-lactam (4-membered cyclic amide) rings is 1. The van der Waals surface area contributed by atoms with Gasteiger partial charge < -0.3 is 25.5 Å². The normalized spacial score (nSPS) is 18.3. The highest BCUT2D eigenvalue weighted by molar-refractivity contribution is 8.00. The second-order valence-corrected chi connectivity index (χ2v) is 12.3. The molecule has 202 valence electrons. The highest BCUT2D eigenvalue weighted by Gasteiger charge is 2.45. The van der Waals surface area contributed by atoms with Gasteiger partial charge in [0.05, 0.1) is 47.7 Å².